The van der Waals surface area contributed by atoms with Crippen molar-refractivity contribution in [1.29, 1.82) is 0 Å². The lowest BCUT2D eigenvalue weighted by Crippen LogP contribution is -2.49. The molecule has 178 valence electrons. The zero-order valence-electron chi connectivity index (χ0n) is 20.0. The first kappa shape index (κ1) is 22.5. The molecule has 1 saturated heterocycles. The van der Waals surface area contributed by atoms with Gasteiger partial charge in [-0.05, 0) is 62.1 Å². The van der Waals surface area contributed by atoms with E-state index in [-0.39, 0.29) is 5.91 Å². The fraction of sp³-hybridized carbons (Fsp3) is 0.407. The molecule has 2 aromatic carbocycles. The maximum Gasteiger partial charge on any atom is 0.259 e. The highest BCUT2D eigenvalue weighted by Crippen LogP contribution is 2.30. The molecule has 3 aromatic rings. The Hall–Kier alpha value is -3.32. The summed E-state index contributed by atoms with van der Waals surface area (Å²) in [7, 11) is 2.00. The molecule has 5 rings (SSSR count). The van der Waals surface area contributed by atoms with Crippen molar-refractivity contribution in [1.82, 2.24) is 14.7 Å². The molecule has 2 heterocycles. The predicted molar refractivity (Wildman–Crippen MR) is 137 cm³/mol. The Morgan fingerprint density at radius 3 is 2.41 bits per heavy atom. The van der Waals surface area contributed by atoms with Crippen molar-refractivity contribution in [2.24, 2.45) is 7.05 Å². The van der Waals surface area contributed by atoms with Crippen LogP contribution in [0.25, 0.3) is 0 Å². The van der Waals surface area contributed by atoms with Crippen LogP contribution in [0.3, 0.4) is 0 Å². The number of carbonyl (C=O) groups excluding carboxylic acids is 1. The highest BCUT2D eigenvalue weighted by Gasteiger charge is 2.28. The molecule has 1 aromatic heterocycles. The second-order valence-corrected chi connectivity index (χ2v) is 9.32. The number of fused-ring (bicyclic) bond motifs is 1. The van der Waals surface area contributed by atoms with E-state index in [1.54, 1.807) is 12.1 Å². The van der Waals surface area contributed by atoms with Crippen LogP contribution in [-0.4, -0.2) is 59.9 Å². The number of piperazine rings is 1. The predicted octanol–water partition coefficient (Wildman–Crippen LogP) is 3.35. The van der Waals surface area contributed by atoms with E-state index in [0.29, 0.717) is 17.8 Å². The van der Waals surface area contributed by atoms with Gasteiger partial charge in [0.15, 0.2) is 5.82 Å². The van der Waals surface area contributed by atoms with E-state index in [9.17, 15) is 4.79 Å². The van der Waals surface area contributed by atoms with Gasteiger partial charge in [0.25, 0.3) is 5.91 Å². The lowest BCUT2D eigenvalue weighted by Gasteiger charge is -2.37. The minimum absolute atomic E-state index is 0.00519. The van der Waals surface area contributed by atoms with E-state index in [2.05, 4.69) is 40.1 Å². The van der Waals surface area contributed by atoms with E-state index >= 15 is 0 Å². The number of carbonyl (C=O) groups is 1. The maximum absolute atomic E-state index is 13.7. The summed E-state index contributed by atoms with van der Waals surface area (Å²) in [5.74, 6) is 0.830. The SMILES string of the molecule is Cn1nc(N(CCN2CCN(c3ccccc3)CC2)C(=O)c2ccc(N)cc2)c2c1CCCC2. The van der Waals surface area contributed by atoms with Crippen LogP contribution in [0, 0.1) is 0 Å². The molecular formula is C27H34N6O. The molecule has 0 unspecified atom stereocenters. The quantitative estimate of drug-likeness (QED) is 0.574. The number of para-hydroxylation sites is 1. The Balaban J connectivity index is 1.32. The van der Waals surface area contributed by atoms with Crippen LogP contribution < -0.4 is 15.5 Å². The van der Waals surface area contributed by atoms with Crippen LogP contribution in [0.2, 0.25) is 0 Å². The molecule has 34 heavy (non-hydrogen) atoms. The normalized spacial score (nSPS) is 16.3. The number of nitrogens with two attached hydrogens (primary N) is 1. The molecule has 0 spiro atoms. The van der Waals surface area contributed by atoms with Crippen molar-refractivity contribution in [2.45, 2.75) is 25.7 Å². The average Bonchev–Trinajstić information content (AvgIpc) is 3.22. The first-order valence-corrected chi connectivity index (χ1v) is 12.3. The zero-order chi connectivity index (χ0) is 23.5. The van der Waals surface area contributed by atoms with Gasteiger partial charge in [-0.2, -0.15) is 5.10 Å². The van der Waals surface area contributed by atoms with Crippen molar-refractivity contribution in [3.8, 4) is 0 Å². The van der Waals surface area contributed by atoms with Crippen molar-refractivity contribution in [3.05, 3.63) is 71.4 Å². The number of hydrogen-bond acceptors (Lipinski definition) is 5. The van der Waals surface area contributed by atoms with Crippen LogP contribution >= 0.6 is 0 Å². The summed E-state index contributed by atoms with van der Waals surface area (Å²) in [4.78, 5) is 20.5. The molecule has 2 aliphatic rings. The van der Waals surface area contributed by atoms with Crippen molar-refractivity contribution >= 4 is 23.1 Å². The Kier molecular flexibility index (Phi) is 6.54. The van der Waals surface area contributed by atoms with Gasteiger partial charge in [0.1, 0.15) is 0 Å². The largest absolute Gasteiger partial charge is 0.399 e. The minimum Gasteiger partial charge on any atom is -0.399 e. The maximum atomic E-state index is 13.7. The first-order valence-electron chi connectivity index (χ1n) is 12.3. The minimum atomic E-state index is -0.00519. The first-order chi connectivity index (χ1) is 16.6. The second kappa shape index (κ2) is 9.89. The van der Waals surface area contributed by atoms with Gasteiger partial charge in [0, 0.05) is 74.5 Å². The lowest BCUT2D eigenvalue weighted by molar-refractivity contribution is 0.0982. The van der Waals surface area contributed by atoms with Gasteiger partial charge < -0.3 is 10.6 Å². The number of rotatable bonds is 6. The number of anilines is 3. The number of hydrogen-bond donors (Lipinski definition) is 1. The molecule has 1 fully saturated rings. The third kappa shape index (κ3) is 4.66. The van der Waals surface area contributed by atoms with Crippen LogP contribution in [0.5, 0.6) is 0 Å². The summed E-state index contributed by atoms with van der Waals surface area (Å²) in [6.07, 6.45) is 4.35. The van der Waals surface area contributed by atoms with Crippen LogP contribution in [0.4, 0.5) is 17.2 Å². The number of nitrogens with zero attached hydrogens (tertiary/aromatic N) is 5. The molecule has 0 atom stereocenters. The number of amides is 1. The van der Waals surface area contributed by atoms with Gasteiger partial charge in [-0.1, -0.05) is 18.2 Å². The van der Waals surface area contributed by atoms with Gasteiger partial charge in [-0.3, -0.25) is 19.3 Å². The smallest absolute Gasteiger partial charge is 0.259 e. The van der Waals surface area contributed by atoms with Gasteiger partial charge in [-0.15, -0.1) is 0 Å². The monoisotopic (exact) mass is 458 g/mol. The van der Waals surface area contributed by atoms with Crippen molar-refractivity contribution < 1.29 is 4.79 Å². The third-order valence-electron chi connectivity index (χ3n) is 7.14. The van der Waals surface area contributed by atoms with E-state index < -0.39 is 0 Å². The highest BCUT2D eigenvalue weighted by molar-refractivity contribution is 6.06. The highest BCUT2D eigenvalue weighted by atomic mass is 16.2. The number of aromatic nitrogens is 2. The summed E-state index contributed by atoms with van der Waals surface area (Å²) >= 11 is 0. The van der Waals surface area contributed by atoms with Crippen molar-refractivity contribution in [3.63, 3.8) is 0 Å². The molecule has 0 bridgehead atoms. The molecule has 7 nitrogen and oxygen atoms in total. The Morgan fingerprint density at radius 2 is 1.68 bits per heavy atom. The molecule has 1 aliphatic heterocycles. The summed E-state index contributed by atoms with van der Waals surface area (Å²) in [6, 6.07) is 17.8. The third-order valence-corrected chi connectivity index (χ3v) is 7.14. The van der Waals surface area contributed by atoms with E-state index in [1.165, 1.54) is 23.4 Å². The summed E-state index contributed by atoms with van der Waals surface area (Å²) in [6.45, 7) is 5.41. The van der Waals surface area contributed by atoms with Crippen LogP contribution in [0.1, 0.15) is 34.5 Å². The fourth-order valence-corrected chi connectivity index (χ4v) is 5.16. The number of aryl methyl sites for hydroxylation is 1. The molecule has 2 N–H and O–H groups in total. The topological polar surface area (TPSA) is 70.6 Å². The number of benzene rings is 2. The molecule has 1 aliphatic carbocycles. The zero-order valence-corrected chi connectivity index (χ0v) is 20.0. The summed E-state index contributed by atoms with van der Waals surface area (Å²) < 4.78 is 1.98. The standard InChI is InChI=1S/C27H34N6O/c1-30-25-10-6-5-9-24(25)26(29-30)33(27(34)21-11-13-22(28)14-12-21)20-17-31-15-18-32(19-16-31)23-7-3-2-4-8-23/h2-4,7-8,11-14H,5-6,9-10,15-20,28H2,1H3. The molecule has 1 amide bonds. The molecule has 0 radical (unpaired) electrons. The van der Waals surface area contributed by atoms with Crippen LogP contribution in [-0.2, 0) is 19.9 Å². The second-order valence-electron chi connectivity index (χ2n) is 9.32. The summed E-state index contributed by atoms with van der Waals surface area (Å²) in [5.41, 5.74) is 11.0. The lowest BCUT2D eigenvalue weighted by atomic mass is 9.97. The molecule has 7 heteroatoms. The Morgan fingerprint density at radius 1 is 0.971 bits per heavy atom. The Bertz CT molecular complexity index is 1120. The van der Waals surface area contributed by atoms with Gasteiger partial charge >= 0.3 is 0 Å². The van der Waals surface area contributed by atoms with E-state index in [1.807, 2.05) is 28.8 Å². The number of nitrogen functional groups attached to an aromatic ring is 1. The molecule has 0 saturated carbocycles. The summed E-state index contributed by atoms with van der Waals surface area (Å²) in [5, 5.41) is 4.84. The van der Waals surface area contributed by atoms with E-state index in [4.69, 9.17) is 10.8 Å². The van der Waals surface area contributed by atoms with Gasteiger partial charge in [0.2, 0.25) is 0 Å². The van der Waals surface area contributed by atoms with Crippen molar-refractivity contribution in [2.75, 3.05) is 54.8 Å². The van der Waals surface area contributed by atoms with Gasteiger partial charge in [0.05, 0.1) is 0 Å². The average molecular weight is 459 g/mol. The fourth-order valence-electron chi connectivity index (χ4n) is 5.16. The van der Waals surface area contributed by atoms with E-state index in [0.717, 1.165) is 57.8 Å². The van der Waals surface area contributed by atoms with Crippen LogP contribution in [0.15, 0.2) is 54.6 Å². The van der Waals surface area contributed by atoms with Gasteiger partial charge in [-0.25, -0.2) is 0 Å². The molecular weight excluding hydrogens is 424 g/mol. The Labute approximate surface area is 201 Å².